The standard InChI is InChI=1S/C12H14F3N3O2/c13-12(14,15)7-1-2-10(9(16)5-7)18-11(19)17-8-3-4-20-6-8/h1-2,5,8H,3-4,6,16H2,(H2,17,18,19). The molecule has 4 N–H and O–H groups in total. The van der Waals surface area contributed by atoms with Crippen LogP contribution in [0, 0.1) is 0 Å². The van der Waals surface area contributed by atoms with Crippen molar-refractivity contribution < 1.29 is 22.7 Å². The second kappa shape index (κ2) is 5.58. The Morgan fingerprint density at radius 2 is 2.15 bits per heavy atom. The molecule has 1 unspecified atom stereocenters. The Hall–Kier alpha value is -1.96. The Bertz CT molecular complexity index is 499. The summed E-state index contributed by atoms with van der Waals surface area (Å²) in [5.41, 5.74) is 4.64. The van der Waals surface area contributed by atoms with Gasteiger partial charge in [-0.1, -0.05) is 0 Å². The number of halogens is 3. The third-order valence-corrected chi connectivity index (χ3v) is 2.89. The Labute approximate surface area is 113 Å². The topological polar surface area (TPSA) is 76.4 Å². The first kappa shape index (κ1) is 14.4. The fourth-order valence-electron chi connectivity index (χ4n) is 1.85. The van der Waals surface area contributed by atoms with Crippen molar-refractivity contribution in [3.8, 4) is 0 Å². The summed E-state index contributed by atoms with van der Waals surface area (Å²) in [5.74, 6) is 0. The van der Waals surface area contributed by atoms with E-state index in [4.69, 9.17) is 10.5 Å². The molecule has 0 aromatic heterocycles. The van der Waals surface area contributed by atoms with Gasteiger partial charge in [0.2, 0.25) is 0 Å². The summed E-state index contributed by atoms with van der Waals surface area (Å²) >= 11 is 0. The van der Waals surface area contributed by atoms with E-state index in [1.165, 1.54) is 0 Å². The summed E-state index contributed by atoms with van der Waals surface area (Å²) in [6.45, 7) is 1.00. The molecular formula is C12H14F3N3O2. The monoisotopic (exact) mass is 289 g/mol. The molecule has 2 rings (SSSR count). The van der Waals surface area contributed by atoms with Gasteiger partial charge < -0.3 is 21.1 Å². The molecule has 20 heavy (non-hydrogen) atoms. The van der Waals surface area contributed by atoms with E-state index in [9.17, 15) is 18.0 Å². The number of nitrogens with one attached hydrogen (secondary N) is 2. The third-order valence-electron chi connectivity index (χ3n) is 2.89. The van der Waals surface area contributed by atoms with Crippen LogP contribution in [0.25, 0.3) is 0 Å². The van der Waals surface area contributed by atoms with Gasteiger partial charge in [-0.3, -0.25) is 0 Å². The van der Waals surface area contributed by atoms with E-state index in [1.807, 2.05) is 0 Å². The molecule has 0 radical (unpaired) electrons. The van der Waals surface area contributed by atoms with Crippen molar-refractivity contribution in [1.82, 2.24) is 5.32 Å². The van der Waals surface area contributed by atoms with Gasteiger partial charge in [-0.2, -0.15) is 13.2 Å². The van der Waals surface area contributed by atoms with Gasteiger partial charge in [0.25, 0.3) is 0 Å². The molecule has 110 valence electrons. The van der Waals surface area contributed by atoms with E-state index in [-0.39, 0.29) is 17.4 Å². The van der Waals surface area contributed by atoms with Crippen LogP contribution in [0.5, 0.6) is 0 Å². The van der Waals surface area contributed by atoms with Gasteiger partial charge in [-0.25, -0.2) is 4.79 Å². The first-order valence-electron chi connectivity index (χ1n) is 5.98. The van der Waals surface area contributed by atoms with Gasteiger partial charge in [-0.15, -0.1) is 0 Å². The van der Waals surface area contributed by atoms with Gasteiger partial charge in [0, 0.05) is 6.61 Å². The normalized spacial score (nSPS) is 18.9. The second-order valence-corrected chi connectivity index (χ2v) is 4.46. The van der Waals surface area contributed by atoms with E-state index in [2.05, 4.69) is 10.6 Å². The van der Waals surface area contributed by atoms with E-state index in [0.29, 0.717) is 19.6 Å². The molecule has 2 amide bonds. The summed E-state index contributed by atoms with van der Waals surface area (Å²) in [6, 6.07) is 2.17. The fourth-order valence-corrected chi connectivity index (χ4v) is 1.85. The molecule has 1 aromatic carbocycles. The predicted molar refractivity (Wildman–Crippen MR) is 67.2 cm³/mol. The minimum Gasteiger partial charge on any atom is -0.397 e. The zero-order chi connectivity index (χ0) is 14.8. The van der Waals surface area contributed by atoms with Gasteiger partial charge in [0.1, 0.15) is 0 Å². The largest absolute Gasteiger partial charge is 0.416 e. The Kier molecular flexibility index (Phi) is 4.03. The number of carbonyl (C=O) groups excluding carboxylic acids is 1. The molecule has 0 spiro atoms. The van der Waals surface area contributed by atoms with Crippen LogP contribution in [0.2, 0.25) is 0 Å². The van der Waals surface area contributed by atoms with Crippen molar-refractivity contribution in [2.75, 3.05) is 24.3 Å². The van der Waals surface area contributed by atoms with Crippen molar-refractivity contribution in [2.24, 2.45) is 0 Å². The quantitative estimate of drug-likeness (QED) is 0.730. The highest BCUT2D eigenvalue weighted by molar-refractivity contribution is 5.92. The highest BCUT2D eigenvalue weighted by Crippen LogP contribution is 2.32. The predicted octanol–water partition coefficient (Wildman–Crippen LogP) is 2.20. The van der Waals surface area contributed by atoms with Crippen molar-refractivity contribution in [3.05, 3.63) is 23.8 Å². The van der Waals surface area contributed by atoms with Crippen LogP contribution >= 0.6 is 0 Å². The van der Waals surface area contributed by atoms with E-state index < -0.39 is 17.8 Å². The number of carbonyl (C=O) groups is 1. The maximum absolute atomic E-state index is 12.5. The molecule has 0 saturated carbocycles. The van der Waals surface area contributed by atoms with Crippen LogP contribution in [-0.2, 0) is 10.9 Å². The van der Waals surface area contributed by atoms with Gasteiger partial charge in [-0.05, 0) is 24.6 Å². The van der Waals surface area contributed by atoms with Crippen molar-refractivity contribution >= 4 is 17.4 Å². The number of nitrogens with two attached hydrogens (primary N) is 1. The molecule has 1 fully saturated rings. The number of alkyl halides is 3. The zero-order valence-corrected chi connectivity index (χ0v) is 10.5. The second-order valence-electron chi connectivity index (χ2n) is 4.46. The number of benzene rings is 1. The number of anilines is 2. The third kappa shape index (κ3) is 3.53. The summed E-state index contributed by atoms with van der Waals surface area (Å²) in [6.07, 6.45) is -3.76. The van der Waals surface area contributed by atoms with E-state index >= 15 is 0 Å². The average molecular weight is 289 g/mol. The fraction of sp³-hybridized carbons (Fsp3) is 0.417. The van der Waals surface area contributed by atoms with Gasteiger partial charge in [0.15, 0.2) is 0 Å². The van der Waals surface area contributed by atoms with Crippen LogP contribution in [0.1, 0.15) is 12.0 Å². The molecule has 0 aliphatic carbocycles. The molecule has 0 bridgehead atoms. The molecule has 1 atom stereocenters. The maximum atomic E-state index is 12.5. The first-order chi connectivity index (χ1) is 9.36. The SMILES string of the molecule is Nc1cc(C(F)(F)F)ccc1NC(=O)NC1CCOC1. The van der Waals surface area contributed by atoms with Crippen LogP contribution in [0.3, 0.4) is 0 Å². The lowest BCUT2D eigenvalue weighted by atomic mass is 10.1. The number of hydrogen-bond acceptors (Lipinski definition) is 3. The van der Waals surface area contributed by atoms with Crippen LogP contribution in [0.4, 0.5) is 29.3 Å². The number of hydrogen-bond donors (Lipinski definition) is 3. The van der Waals surface area contributed by atoms with Gasteiger partial charge >= 0.3 is 12.2 Å². The molecule has 5 nitrogen and oxygen atoms in total. The van der Waals surface area contributed by atoms with E-state index in [1.54, 1.807) is 0 Å². The van der Waals surface area contributed by atoms with E-state index in [0.717, 1.165) is 18.2 Å². The highest BCUT2D eigenvalue weighted by atomic mass is 19.4. The molecule has 8 heteroatoms. The summed E-state index contributed by atoms with van der Waals surface area (Å²) in [4.78, 5) is 11.6. The van der Waals surface area contributed by atoms with Crippen molar-refractivity contribution in [2.45, 2.75) is 18.6 Å². The molecule has 1 heterocycles. The number of urea groups is 1. The molecule has 1 saturated heterocycles. The highest BCUT2D eigenvalue weighted by Gasteiger charge is 2.31. The molecule has 1 aromatic rings. The minimum atomic E-state index is -4.46. The maximum Gasteiger partial charge on any atom is 0.416 e. The number of amides is 2. The first-order valence-corrected chi connectivity index (χ1v) is 5.98. The van der Waals surface area contributed by atoms with Crippen molar-refractivity contribution in [1.29, 1.82) is 0 Å². The lowest BCUT2D eigenvalue weighted by molar-refractivity contribution is -0.137. The lowest BCUT2D eigenvalue weighted by Gasteiger charge is -2.14. The number of rotatable bonds is 2. The van der Waals surface area contributed by atoms with Crippen LogP contribution in [0.15, 0.2) is 18.2 Å². The number of ether oxygens (including phenoxy) is 1. The Morgan fingerprint density at radius 3 is 2.70 bits per heavy atom. The van der Waals surface area contributed by atoms with Crippen molar-refractivity contribution in [3.63, 3.8) is 0 Å². The summed E-state index contributed by atoms with van der Waals surface area (Å²) in [5, 5.41) is 5.06. The Morgan fingerprint density at radius 1 is 1.40 bits per heavy atom. The minimum absolute atomic E-state index is 0.0920. The molecular weight excluding hydrogens is 275 g/mol. The average Bonchev–Trinajstić information content (AvgIpc) is 2.83. The lowest BCUT2D eigenvalue weighted by Crippen LogP contribution is -2.38. The Balaban J connectivity index is 2.00. The zero-order valence-electron chi connectivity index (χ0n) is 10.5. The van der Waals surface area contributed by atoms with Crippen LogP contribution < -0.4 is 16.4 Å². The number of nitrogen functional groups attached to an aromatic ring is 1. The molecule has 1 aliphatic rings. The molecule has 1 aliphatic heterocycles. The van der Waals surface area contributed by atoms with Crippen LogP contribution in [-0.4, -0.2) is 25.3 Å². The smallest absolute Gasteiger partial charge is 0.397 e. The summed E-state index contributed by atoms with van der Waals surface area (Å²) < 4.78 is 42.5. The van der Waals surface area contributed by atoms with Gasteiger partial charge in [0.05, 0.1) is 29.6 Å². The summed E-state index contributed by atoms with van der Waals surface area (Å²) in [7, 11) is 0.